The normalized spacial score (nSPS) is 10.4. The molecule has 3 heteroatoms. The summed E-state index contributed by atoms with van der Waals surface area (Å²) >= 11 is 0. The first-order valence-electron chi connectivity index (χ1n) is 6.48. The van der Waals surface area contributed by atoms with Gasteiger partial charge >= 0.3 is 0 Å². The first-order chi connectivity index (χ1) is 9.83. The predicted octanol–water partition coefficient (Wildman–Crippen LogP) is 3.55. The summed E-state index contributed by atoms with van der Waals surface area (Å²) in [6.45, 7) is 2.52. The van der Waals surface area contributed by atoms with Crippen LogP contribution in [-0.4, -0.2) is 6.21 Å². The highest BCUT2D eigenvalue weighted by molar-refractivity contribution is 5.82. The molecule has 0 saturated heterocycles. The zero-order chi connectivity index (χ0) is 14.2. The van der Waals surface area contributed by atoms with E-state index in [9.17, 15) is 0 Å². The Morgan fingerprint density at radius 2 is 1.65 bits per heavy atom. The predicted molar refractivity (Wildman–Crippen MR) is 78.3 cm³/mol. The molecule has 0 aliphatic heterocycles. The van der Waals surface area contributed by atoms with E-state index in [0.717, 1.165) is 12.0 Å². The summed E-state index contributed by atoms with van der Waals surface area (Å²) in [6.07, 6.45) is 3.76. The molecule has 99 valence electrons. The van der Waals surface area contributed by atoms with Crippen LogP contribution in [0.4, 0.5) is 0 Å². The van der Waals surface area contributed by atoms with Crippen molar-refractivity contribution in [3.8, 4) is 6.07 Å². The number of benzene rings is 2. The van der Waals surface area contributed by atoms with Crippen LogP contribution in [0.5, 0.6) is 0 Å². The van der Waals surface area contributed by atoms with E-state index >= 15 is 0 Å². The van der Waals surface area contributed by atoms with Gasteiger partial charge in [-0.1, -0.05) is 54.5 Å². The number of nitrogens with zero attached hydrogens (tertiary/aromatic N) is 2. The van der Waals surface area contributed by atoms with Crippen LogP contribution in [0.3, 0.4) is 0 Å². The Hall–Kier alpha value is -2.60. The van der Waals surface area contributed by atoms with E-state index in [2.05, 4.69) is 36.5 Å². The monoisotopic (exact) mass is 263 g/mol. The van der Waals surface area contributed by atoms with Gasteiger partial charge < -0.3 is 4.84 Å². The molecule has 0 amide bonds. The topological polar surface area (TPSA) is 45.4 Å². The molecule has 0 N–H and O–H groups in total. The highest BCUT2D eigenvalue weighted by Gasteiger charge is 1.98. The maximum atomic E-state index is 8.93. The van der Waals surface area contributed by atoms with Crippen molar-refractivity contribution in [3.63, 3.8) is 0 Å². The minimum atomic E-state index is 0.395. The van der Waals surface area contributed by atoms with Crippen LogP contribution in [0.2, 0.25) is 0 Å². The van der Waals surface area contributed by atoms with Gasteiger partial charge in [-0.05, 0) is 23.6 Å². The van der Waals surface area contributed by atoms with Gasteiger partial charge in [-0.25, -0.2) is 0 Å². The Kier molecular flexibility index (Phi) is 4.91. The molecule has 2 rings (SSSR count). The van der Waals surface area contributed by atoms with Gasteiger partial charge in [-0.2, -0.15) is 5.26 Å². The summed E-state index contributed by atoms with van der Waals surface area (Å²) in [4.78, 5) is 5.20. The second-order valence-corrected chi connectivity index (χ2v) is 4.30. The summed E-state index contributed by atoms with van der Waals surface area (Å²) in [5.41, 5.74) is 3.52. The third-order valence-electron chi connectivity index (χ3n) is 2.94. The summed E-state index contributed by atoms with van der Waals surface area (Å²) < 4.78 is 0. The summed E-state index contributed by atoms with van der Waals surface area (Å²) in [5.74, 6) is 0. The van der Waals surface area contributed by atoms with E-state index in [-0.39, 0.29) is 0 Å². The average molecular weight is 263 g/mol. The number of rotatable bonds is 5. The molecule has 0 atom stereocenters. The SMILES string of the molecule is CCc1ccc(CO/N=[C]\c2ccccc2C#N)cc1. The van der Waals surface area contributed by atoms with Gasteiger partial charge in [-0.3, -0.25) is 0 Å². The molecule has 0 aromatic heterocycles. The van der Waals surface area contributed by atoms with Gasteiger partial charge in [0.2, 0.25) is 0 Å². The summed E-state index contributed by atoms with van der Waals surface area (Å²) in [7, 11) is 0. The largest absolute Gasteiger partial charge is 0.390 e. The number of aryl methyl sites for hydroxylation is 1. The lowest BCUT2D eigenvalue weighted by Gasteiger charge is -2.01. The van der Waals surface area contributed by atoms with Crippen LogP contribution in [0, 0.1) is 11.3 Å². The van der Waals surface area contributed by atoms with Crippen LogP contribution < -0.4 is 0 Å². The van der Waals surface area contributed by atoms with Crippen molar-refractivity contribution in [2.24, 2.45) is 5.16 Å². The molecule has 0 heterocycles. The first kappa shape index (κ1) is 13.8. The van der Waals surface area contributed by atoms with Crippen LogP contribution >= 0.6 is 0 Å². The van der Waals surface area contributed by atoms with Gasteiger partial charge in [0.05, 0.1) is 11.6 Å². The molecule has 2 aromatic carbocycles. The zero-order valence-electron chi connectivity index (χ0n) is 11.3. The molecule has 0 spiro atoms. The minimum Gasteiger partial charge on any atom is -0.390 e. The average Bonchev–Trinajstić information content (AvgIpc) is 2.52. The molecule has 20 heavy (non-hydrogen) atoms. The van der Waals surface area contributed by atoms with Crippen molar-refractivity contribution in [2.45, 2.75) is 20.0 Å². The number of hydrogen-bond acceptors (Lipinski definition) is 3. The van der Waals surface area contributed by atoms with Gasteiger partial charge in [0.25, 0.3) is 0 Å². The molecule has 0 saturated carbocycles. The molecule has 0 fully saturated rings. The van der Waals surface area contributed by atoms with Crippen molar-refractivity contribution in [3.05, 3.63) is 70.8 Å². The lowest BCUT2D eigenvalue weighted by Crippen LogP contribution is -1.91. The lowest BCUT2D eigenvalue weighted by molar-refractivity contribution is 0.132. The molecule has 0 aliphatic rings. The summed E-state index contributed by atoms with van der Waals surface area (Å²) in [5, 5.41) is 12.7. The van der Waals surface area contributed by atoms with Crippen molar-refractivity contribution >= 4 is 6.21 Å². The Labute approximate surface area is 119 Å². The van der Waals surface area contributed by atoms with Crippen LogP contribution in [-0.2, 0) is 17.9 Å². The highest BCUT2D eigenvalue weighted by atomic mass is 16.6. The standard InChI is InChI=1S/C17H15N2O/c1-2-14-7-9-15(10-8-14)13-20-19-12-17-6-4-3-5-16(17)11-18/h3-10H,2,13H2,1H3. The second kappa shape index (κ2) is 7.10. The Bertz CT molecular complexity index is 624. The van der Waals surface area contributed by atoms with Gasteiger partial charge in [-0.15, -0.1) is 0 Å². The fourth-order valence-electron chi connectivity index (χ4n) is 1.74. The molecule has 0 bridgehead atoms. The fraction of sp³-hybridized carbons (Fsp3) is 0.176. The van der Waals surface area contributed by atoms with Crippen LogP contribution in [0.1, 0.15) is 29.2 Å². The van der Waals surface area contributed by atoms with Crippen molar-refractivity contribution < 1.29 is 4.84 Å². The molecular weight excluding hydrogens is 248 g/mol. The molecule has 0 aliphatic carbocycles. The van der Waals surface area contributed by atoms with E-state index in [4.69, 9.17) is 10.1 Å². The quantitative estimate of drug-likeness (QED) is 0.611. The lowest BCUT2D eigenvalue weighted by atomic mass is 10.1. The van der Waals surface area contributed by atoms with Crippen LogP contribution in [0.15, 0.2) is 53.7 Å². The molecule has 1 radical (unpaired) electrons. The van der Waals surface area contributed by atoms with Crippen molar-refractivity contribution in [2.75, 3.05) is 0 Å². The Morgan fingerprint density at radius 3 is 2.30 bits per heavy atom. The zero-order valence-corrected chi connectivity index (χ0v) is 11.3. The maximum Gasteiger partial charge on any atom is 0.142 e. The first-order valence-corrected chi connectivity index (χ1v) is 6.48. The number of nitriles is 1. The minimum absolute atomic E-state index is 0.395. The molecule has 3 nitrogen and oxygen atoms in total. The third-order valence-corrected chi connectivity index (χ3v) is 2.94. The second-order valence-electron chi connectivity index (χ2n) is 4.30. The van der Waals surface area contributed by atoms with Crippen molar-refractivity contribution in [1.82, 2.24) is 0 Å². The maximum absolute atomic E-state index is 8.93. The van der Waals surface area contributed by atoms with Gasteiger partial charge in [0.1, 0.15) is 12.8 Å². The van der Waals surface area contributed by atoms with Gasteiger partial charge in [0, 0.05) is 5.56 Å². The molecular formula is C17H15N2O. The Balaban J connectivity index is 1.92. The summed E-state index contributed by atoms with van der Waals surface area (Å²) in [6, 6.07) is 17.4. The van der Waals surface area contributed by atoms with E-state index < -0.39 is 0 Å². The highest BCUT2D eigenvalue weighted by Crippen LogP contribution is 2.07. The fourth-order valence-corrected chi connectivity index (χ4v) is 1.74. The van der Waals surface area contributed by atoms with E-state index in [1.54, 1.807) is 18.2 Å². The number of hydrogen-bond donors (Lipinski definition) is 0. The van der Waals surface area contributed by atoms with E-state index in [1.165, 1.54) is 5.56 Å². The van der Waals surface area contributed by atoms with Gasteiger partial charge in [0.15, 0.2) is 0 Å². The molecule has 2 aromatic rings. The molecule has 0 unspecified atom stereocenters. The van der Waals surface area contributed by atoms with E-state index in [1.807, 2.05) is 18.2 Å². The van der Waals surface area contributed by atoms with Crippen molar-refractivity contribution in [1.29, 1.82) is 5.26 Å². The third kappa shape index (κ3) is 3.69. The van der Waals surface area contributed by atoms with Crippen LogP contribution in [0.25, 0.3) is 0 Å². The Morgan fingerprint density at radius 1 is 1.00 bits per heavy atom. The van der Waals surface area contributed by atoms with E-state index in [0.29, 0.717) is 17.7 Å². The smallest absolute Gasteiger partial charge is 0.142 e.